The van der Waals surface area contributed by atoms with Gasteiger partial charge in [0, 0.05) is 11.8 Å². The molecule has 0 radical (unpaired) electrons. The zero-order valence-corrected chi connectivity index (χ0v) is 19.4. The topological polar surface area (TPSA) is 68.7 Å². The minimum atomic E-state index is -1.11. The van der Waals surface area contributed by atoms with Gasteiger partial charge in [-0.1, -0.05) is 48.5 Å². The largest absolute Gasteiger partial charge is 0.448 e. The van der Waals surface area contributed by atoms with E-state index in [0.29, 0.717) is 12.8 Å². The van der Waals surface area contributed by atoms with Crippen LogP contribution in [0.2, 0.25) is 0 Å². The van der Waals surface area contributed by atoms with E-state index in [4.69, 9.17) is 9.47 Å². The Morgan fingerprint density at radius 1 is 0.917 bits per heavy atom. The Bertz CT molecular complexity index is 1290. The average molecular weight is 491 g/mol. The number of Topliss-reactive ketones (excluding diaryl/α,β-unsaturated/α-hetero) is 1. The fraction of sp³-hybridized carbons (Fsp3) is 0.321. The van der Waals surface area contributed by atoms with Gasteiger partial charge in [-0.05, 0) is 47.2 Å². The van der Waals surface area contributed by atoms with Crippen LogP contribution in [-0.4, -0.2) is 53.7 Å². The number of hydrogen-bond acceptors (Lipinski definition) is 5. The summed E-state index contributed by atoms with van der Waals surface area (Å²) in [5.74, 6) is -3.07. The zero-order chi connectivity index (χ0) is 24.8. The second-order valence-corrected chi connectivity index (χ2v) is 9.56. The van der Waals surface area contributed by atoms with Gasteiger partial charge in [-0.25, -0.2) is 4.79 Å². The second kappa shape index (κ2) is 9.09. The molecule has 2 aliphatic heterocycles. The number of halogens is 2. The molecule has 3 heterocycles. The molecule has 6 nitrogen and oxygen atoms in total. The summed E-state index contributed by atoms with van der Waals surface area (Å²) in [6.45, 7) is 0.752. The lowest BCUT2D eigenvalue weighted by atomic mass is 9.81. The van der Waals surface area contributed by atoms with Gasteiger partial charge in [-0.15, -0.1) is 0 Å². The Labute approximate surface area is 206 Å². The van der Waals surface area contributed by atoms with Crippen LogP contribution in [-0.2, 0) is 9.47 Å². The molecule has 0 saturated carbocycles. The smallest absolute Gasteiger partial charge is 0.410 e. The number of rotatable bonds is 4. The highest BCUT2D eigenvalue weighted by molar-refractivity contribution is 5.98. The number of benzene rings is 2. The molecule has 6 rings (SSSR count). The monoisotopic (exact) mass is 490 g/mol. The molecule has 1 amide bonds. The van der Waals surface area contributed by atoms with Crippen molar-refractivity contribution in [2.24, 2.45) is 5.92 Å². The number of aromatic nitrogens is 1. The van der Waals surface area contributed by atoms with Gasteiger partial charge in [0.25, 0.3) is 0 Å². The number of piperidine rings is 1. The summed E-state index contributed by atoms with van der Waals surface area (Å²) in [5.41, 5.74) is 4.35. The summed E-state index contributed by atoms with van der Waals surface area (Å²) < 4.78 is 38.8. The Morgan fingerprint density at radius 2 is 1.53 bits per heavy atom. The lowest BCUT2D eigenvalue weighted by molar-refractivity contribution is -0.0748. The quantitative estimate of drug-likeness (QED) is 0.382. The van der Waals surface area contributed by atoms with E-state index in [1.54, 1.807) is 4.90 Å². The summed E-state index contributed by atoms with van der Waals surface area (Å²) >= 11 is 0. The Hall–Kier alpha value is -3.65. The fourth-order valence-electron chi connectivity index (χ4n) is 5.91. The SMILES string of the molecule is O=C(c1ccc(F)nc1F)C1CC2COCC(C1)N2C(=O)OCC1c2ccccc2-c2ccccc21. The molecule has 0 spiro atoms. The summed E-state index contributed by atoms with van der Waals surface area (Å²) in [4.78, 5) is 31.1. The highest BCUT2D eigenvalue weighted by Gasteiger charge is 2.45. The maximum atomic E-state index is 14.1. The van der Waals surface area contributed by atoms with Crippen LogP contribution in [0, 0.1) is 17.8 Å². The lowest BCUT2D eigenvalue weighted by Crippen LogP contribution is -2.60. The number of hydrogen-bond donors (Lipinski definition) is 0. The molecule has 2 saturated heterocycles. The first-order valence-electron chi connectivity index (χ1n) is 12.1. The molecule has 184 valence electrons. The van der Waals surface area contributed by atoms with Crippen molar-refractivity contribution in [1.29, 1.82) is 0 Å². The first-order valence-corrected chi connectivity index (χ1v) is 12.1. The third-order valence-corrected chi connectivity index (χ3v) is 7.52. The summed E-state index contributed by atoms with van der Waals surface area (Å²) in [6, 6.07) is 17.7. The zero-order valence-electron chi connectivity index (χ0n) is 19.4. The van der Waals surface area contributed by atoms with Gasteiger partial charge < -0.3 is 9.47 Å². The predicted octanol–water partition coefficient (Wildman–Crippen LogP) is 4.97. The molecular weight excluding hydrogens is 466 g/mol. The molecule has 2 aromatic carbocycles. The van der Waals surface area contributed by atoms with Crippen molar-refractivity contribution < 1.29 is 27.8 Å². The van der Waals surface area contributed by atoms with Gasteiger partial charge in [0.1, 0.15) is 6.61 Å². The van der Waals surface area contributed by atoms with Crippen LogP contribution < -0.4 is 0 Å². The van der Waals surface area contributed by atoms with Crippen LogP contribution >= 0.6 is 0 Å². The molecular formula is C28H24F2N2O4. The number of ketones is 1. The molecule has 2 fully saturated rings. The Morgan fingerprint density at radius 3 is 2.14 bits per heavy atom. The maximum Gasteiger partial charge on any atom is 0.410 e. The van der Waals surface area contributed by atoms with Crippen molar-refractivity contribution in [3.05, 3.63) is 89.2 Å². The second-order valence-electron chi connectivity index (χ2n) is 9.56. The summed E-state index contributed by atoms with van der Waals surface area (Å²) in [5, 5.41) is 0. The minimum Gasteiger partial charge on any atom is -0.448 e. The molecule has 0 N–H and O–H groups in total. The van der Waals surface area contributed by atoms with E-state index in [1.807, 2.05) is 24.3 Å². The van der Waals surface area contributed by atoms with E-state index < -0.39 is 29.7 Å². The molecule has 36 heavy (non-hydrogen) atoms. The summed E-state index contributed by atoms with van der Waals surface area (Å²) in [6.07, 6.45) is 0.197. The van der Waals surface area contributed by atoms with Gasteiger partial charge in [-0.2, -0.15) is 13.8 Å². The van der Waals surface area contributed by atoms with Crippen molar-refractivity contribution in [1.82, 2.24) is 9.88 Å². The molecule has 2 unspecified atom stereocenters. The van der Waals surface area contributed by atoms with Crippen molar-refractivity contribution in [2.75, 3.05) is 19.8 Å². The summed E-state index contributed by atoms with van der Waals surface area (Å²) in [7, 11) is 0. The van der Waals surface area contributed by atoms with Crippen molar-refractivity contribution in [2.45, 2.75) is 30.8 Å². The van der Waals surface area contributed by atoms with Gasteiger partial charge >= 0.3 is 6.09 Å². The molecule has 1 aliphatic carbocycles. The van der Waals surface area contributed by atoms with Crippen LogP contribution in [0.15, 0.2) is 60.7 Å². The van der Waals surface area contributed by atoms with Gasteiger partial charge in [0.2, 0.25) is 11.9 Å². The fourth-order valence-corrected chi connectivity index (χ4v) is 5.91. The maximum absolute atomic E-state index is 14.1. The number of carbonyl (C=O) groups is 2. The number of carbonyl (C=O) groups excluding carboxylic acids is 2. The standard InChI is InChI=1S/C28H24F2N2O4/c29-25-10-9-23(27(30)31-25)26(33)16-11-17-13-35-14-18(12-16)32(17)28(34)36-15-24-21-7-3-1-5-19(21)20-6-2-4-8-22(20)24/h1-10,16-18,24H,11-15H2. The van der Waals surface area contributed by atoms with Gasteiger partial charge in [0.05, 0.1) is 30.9 Å². The van der Waals surface area contributed by atoms with E-state index in [9.17, 15) is 18.4 Å². The van der Waals surface area contributed by atoms with E-state index in [1.165, 1.54) is 0 Å². The van der Waals surface area contributed by atoms with Gasteiger partial charge in [0.15, 0.2) is 5.78 Å². The van der Waals surface area contributed by atoms with E-state index in [2.05, 4.69) is 29.2 Å². The number of fused-ring (bicyclic) bond motifs is 5. The third-order valence-electron chi connectivity index (χ3n) is 7.52. The Kier molecular flexibility index (Phi) is 5.76. The van der Waals surface area contributed by atoms with Crippen molar-refractivity contribution in [3.8, 4) is 11.1 Å². The predicted molar refractivity (Wildman–Crippen MR) is 127 cm³/mol. The number of amides is 1. The van der Waals surface area contributed by atoms with Crippen LogP contribution in [0.3, 0.4) is 0 Å². The van der Waals surface area contributed by atoms with Crippen molar-refractivity contribution in [3.63, 3.8) is 0 Å². The molecule has 8 heteroatoms. The first-order chi connectivity index (χ1) is 17.5. The van der Waals surface area contributed by atoms with Crippen LogP contribution in [0.1, 0.15) is 40.2 Å². The van der Waals surface area contributed by atoms with Crippen LogP contribution in [0.4, 0.5) is 13.6 Å². The van der Waals surface area contributed by atoms with E-state index in [0.717, 1.165) is 34.4 Å². The molecule has 3 aliphatic rings. The normalized spacial score (nSPS) is 22.6. The highest BCUT2D eigenvalue weighted by Crippen LogP contribution is 2.44. The van der Waals surface area contributed by atoms with Crippen LogP contribution in [0.5, 0.6) is 0 Å². The number of ether oxygens (including phenoxy) is 2. The molecule has 2 bridgehead atoms. The highest BCUT2D eigenvalue weighted by atomic mass is 19.1. The molecule has 1 aromatic heterocycles. The average Bonchev–Trinajstić information content (AvgIpc) is 3.20. The first kappa shape index (κ1) is 22.8. The number of nitrogens with zero attached hydrogens (tertiary/aromatic N) is 2. The minimum absolute atomic E-state index is 0.0505. The third kappa shape index (κ3) is 3.86. The lowest BCUT2D eigenvalue weighted by Gasteiger charge is -2.47. The van der Waals surface area contributed by atoms with E-state index >= 15 is 0 Å². The van der Waals surface area contributed by atoms with Crippen molar-refractivity contribution >= 4 is 11.9 Å². The van der Waals surface area contributed by atoms with Crippen LogP contribution in [0.25, 0.3) is 11.1 Å². The number of pyridine rings is 1. The van der Waals surface area contributed by atoms with Gasteiger partial charge in [-0.3, -0.25) is 9.69 Å². The number of morpholine rings is 1. The Balaban J connectivity index is 1.17. The molecule has 2 atom stereocenters. The van der Waals surface area contributed by atoms with E-state index in [-0.39, 0.29) is 43.4 Å². The molecule has 3 aromatic rings.